The Labute approximate surface area is 131 Å². The number of amides is 2. The molecule has 1 aromatic heterocycles. The summed E-state index contributed by atoms with van der Waals surface area (Å²) in [6.07, 6.45) is -1.22. The van der Waals surface area contributed by atoms with Crippen LogP contribution in [0, 0.1) is 13.8 Å². The highest BCUT2D eigenvalue weighted by Gasteiger charge is 2.18. The largest absolute Gasteiger partial charge is 0.495 e. The van der Waals surface area contributed by atoms with Crippen LogP contribution < -0.4 is 15.4 Å². The molecule has 0 aliphatic carbocycles. The van der Waals surface area contributed by atoms with Crippen molar-refractivity contribution in [2.45, 2.75) is 13.8 Å². The van der Waals surface area contributed by atoms with Crippen molar-refractivity contribution in [3.05, 3.63) is 34.3 Å². The number of hydrogen-bond donors (Lipinski definition) is 3. The molecule has 2 amide bonds. The Bertz CT molecular complexity index is 727. The minimum Gasteiger partial charge on any atom is -0.495 e. The lowest BCUT2D eigenvalue weighted by molar-refractivity contribution is 0.102. The lowest BCUT2D eigenvalue weighted by Crippen LogP contribution is -2.13. The van der Waals surface area contributed by atoms with Crippen LogP contribution in [0.25, 0.3) is 0 Å². The van der Waals surface area contributed by atoms with Crippen LogP contribution in [0.4, 0.5) is 15.6 Å². The summed E-state index contributed by atoms with van der Waals surface area (Å²) in [6, 6.07) is 5.44. The maximum Gasteiger partial charge on any atom is 0.410 e. The van der Waals surface area contributed by atoms with Gasteiger partial charge in [-0.1, -0.05) is 23.5 Å². The summed E-state index contributed by atoms with van der Waals surface area (Å²) in [5.74, 6) is 0.195. The van der Waals surface area contributed by atoms with Crippen molar-refractivity contribution in [2.75, 3.05) is 17.7 Å². The van der Waals surface area contributed by atoms with Gasteiger partial charge in [-0.05, 0) is 25.5 Å². The summed E-state index contributed by atoms with van der Waals surface area (Å²) < 4.78 is 5.23. The number of carboxylic acid groups (broad SMARTS) is 1. The predicted molar refractivity (Wildman–Crippen MR) is 84.2 cm³/mol. The van der Waals surface area contributed by atoms with Crippen LogP contribution in [0.1, 0.15) is 20.9 Å². The molecule has 0 saturated heterocycles. The van der Waals surface area contributed by atoms with Crippen molar-refractivity contribution in [3.63, 3.8) is 0 Å². The Hall–Kier alpha value is -2.61. The molecule has 0 atom stereocenters. The average Bonchev–Trinajstić information content (AvgIpc) is 2.80. The van der Waals surface area contributed by atoms with Crippen LogP contribution in [0.2, 0.25) is 0 Å². The molecule has 0 fully saturated rings. The number of rotatable bonds is 4. The smallest absolute Gasteiger partial charge is 0.410 e. The monoisotopic (exact) mass is 321 g/mol. The number of para-hydroxylation sites is 1. The quantitative estimate of drug-likeness (QED) is 0.803. The fraction of sp³-hybridized carbons (Fsp3) is 0.214. The molecule has 0 saturated carbocycles. The molecule has 116 valence electrons. The lowest BCUT2D eigenvalue weighted by Gasteiger charge is -2.12. The van der Waals surface area contributed by atoms with Gasteiger partial charge < -0.3 is 15.2 Å². The van der Waals surface area contributed by atoms with E-state index in [9.17, 15) is 9.59 Å². The average molecular weight is 321 g/mol. The minimum absolute atomic E-state index is 0.159. The summed E-state index contributed by atoms with van der Waals surface area (Å²) in [4.78, 5) is 27.4. The van der Waals surface area contributed by atoms with Gasteiger partial charge in [-0.3, -0.25) is 10.1 Å². The molecule has 2 aromatic rings. The number of ether oxygens (including phenoxy) is 1. The summed E-state index contributed by atoms with van der Waals surface area (Å²) in [5.41, 5.74) is 1.90. The summed E-state index contributed by atoms with van der Waals surface area (Å²) in [5, 5.41) is 13.8. The predicted octanol–water partition coefficient (Wildman–Crippen LogP) is 3.11. The Morgan fingerprint density at radius 3 is 2.64 bits per heavy atom. The third-order valence-electron chi connectivity index (χ3n) is 2.91. The molecule has 0 radical (unpaired) electrons. The standard InChI is InChI=1S/C14H15N3O4S/c1-7-5-4-6-9(21-3)10(7)16-12(18)11-8(2)15-13(22-11)17-14(19)20/h4-6H,1-3H3,(H,15,17)(H,16,18)(H,19,20). The van der Waals surface area contributed by atoms with Crippen molar-refractivity contribution in [1.29, 1.82) is 0 Å². The van der Waals surface area contributed by atoms with E-state index in [1.807, 2.05) is 19.1 Å². The van der Waals surface area contributed by atoms with Crippen LogP contribution in [0.15, 0.2) is 18.2 Å². The van der Waals surface area contributed by atoms with Crippen molar-refractivity contribution >= 4 is 34.2 Å². The van der Waals surface area contributed by atoms with E-state index >= 15 is 0 Å². The van der Waals surface area contributed by atoms with Crippen LogP contribution in [-0.2, 0) is 0 Å². The zero-order valence-electron chi connectivity index (χ0n) is 12.3. The molecule has 22 heavy (non-hydrogen) atoms. The van der Waals surface area contributed by atoms with Crippen LogP contribution in [0.3, 0.4) is 0 Å². The van der Waals surface area contributed by atoms with E-state index in [1.165, 1.54) is 7.11 Å². The second-order valence-corrected chi connectivity index (χ2v) is 5.47. The molecular weight excluding hydrogens is 306 g/mol. The zero-order chi connectivity index (χ0) is 16.3. The minimum atomic E-state index is -1.22. The van der Waals surface area contributed by atoms with Crippen molar-refractivity contribution in [2.24, 2.45) is 0 Å². The topological polar surface area (TPSA) is 101 Å². The molecule has 0 spiro atoms. The maximum absolute atomic E-state index is 12.4. The van der Waals surface area contributed by atoms with Gasteiger partial charge in [0.05, 0.1) is 18.5 Å². The van der Waals surface area contributed by atoms with E-state index in [4.69, 9.17) is 9.84 Å². The number of aryl methyl sites for hydroxylation is 2. The molecule has 1 aromatic carbocycles. The van der Waals surface area contributed by atoms with Crippen LogP contribution in [0.5, 0.6) is 5.75 Å². The zero-order valence-corrected chi connectivity index (χ0v) is 13.1. The van der Waals surface area contributed by atoms with Gasteiger partial charge in [-0.15, -0.1) is 0 Å². The van der Waals surface area contributed by atoms with Crippen molar-refractivity contribution < 1.29 is 19.4 Å². The number of nitrogens with zero attached hydrogens (tertiary/aromatic N) is 1. The molecule has 7 nitrogen and oxygen atoms in total. The third-order valence-corrected chi connectivity index (χ3v) is 3.98. The summed E-state index contributed by atoms with van der Waals surface area (Å²) in [6.45, 7) is 3.50. The molecule has 0 aliphatic rings. The second kappa shape index (κ2) is 6.44. The number of hydrogen-bond acceptors (Lipinski definition) is 5. The maximum atomic E-state index is 12.4. The van der Waals surface area contributed by atoms with Gasteiger partial charge in [-0.25, -0.2) is 9.78 Å². The molecule has 0 unspecified atom stereocenters. The molecule has 0 bridgehead atoms. The highest BCUT2D eigenvalue weighted by atomic mass is 32.1. The number of methoxy groups -OCH3 is 1. The molecular formula is C14H15N3O4S. The van der Waals surface area contributed by atoms with Gasteiger partial charge >= 0.3 is 6.09 Å². The third kappa shape index (κ3) is 3.34. The van der Waals surface area contributed by atoms with Gasteiger partial charge in [0.2, 0.25) is 0 Å². The number of thiazole rings is 1. The highest BCUT2D eigenvalue weighted by Crippen LogP contribution is 2.30. The Balaban J connectivity index is 2.27. The summed E-state index contributed by atoms with van der Waals surface area (Å²) in [7, 11) is 1.53. The molecule has 1 heterocycles. The van der Waals surface area contributed by atoms with Crippen LogP contribution >= 0.6 is 11.3 Å². The van der Waals surface area contributed by atoms with E-state index in [0.29, 0.717) is 22.0 Å². The van der Waals surface area contributed by atoms with E-state index in [-0.39, 0.29) is 11.0 Å². The van der Waals surface area contributed by atoms with E-state index in [0.717, 1.165) is 16.9 Å². The molecule has 3 N–H and O–H groups in total. The lowest BCUT2D eigenvalue weighted by atomic mass is 10.2. The highest BCUT2D eigenvalue weighted by molar-refractivity contribution is 7.17. The van der Waals surface area contributed by atoms with Gasteiger partial charge in [0.25, 0.3) is 5.91 Å². The Morgan fingerprint density at radius 1 is 1.27 bits per heavy atom. The normalized spacial score (nSPS) is 10.1. The molecule has 0 aliphatic heterocycles. The van der Waals surface area contributed by atoms with Crippen molar-refractivity contribution in [1.82, 2.24) is 4.98 Å². The molecule has 2 rings (SSSR count). The van der Waals surface area contributed by atoms with Gasteiger partial charge in [-0.2, -0.15) is 0 Å². The second-order valence-electron chi connectivity index (χ2n) is 4.47. The number of anilines is 2. The van der Waals surface area contributed by atoms with Gasteiger partial charge in [0.15, 0.2) is 5.13 Å². The summed E-state index contributed by atoms with van der Waals surface area (Å²) >= 11 is 0.979. The van der Waals surface area contributed by atoms with Gasteiger partial charge in [0, 0.05) is 0 Å². The Kier molecular flexibility index (Phi) is 4.62. The van der Waals surface area contributed by atoms with Gasteiger partial charge in [0.1, 0.15) is 10.6 Å². The van der Waals surface area contributed by atoms with E-state index < -0.39 is 6.09 Å². The number of nitrogens with one attached hydrogen (secondary N) is 2. The first-order valence-electron chi connectivity index (χ1n) is 6.34. The Morgan fingerprint density at radius 2 is 2.00 bits per heavy atom. The number of benzene rings is 1. The first-order chi connectivity index (χ1) is 10.4. The van der Waals surface area contributed by atoms with E-state index in [1.54, 1.807) is 13.0 Å². The number of carbonyl (C=O) groups is 2. The number of carbonyl (C=O) groups excluding carboxylic acids is 1. The fourth-order valence-electron chi connectivity index (χ4n) is 1.89. The first kappa shape index (κ1) is 15.8. The van der Waals surface area contributed by atoms with E-state index in [2.05, 4.69) is 15.6 Å². The fourth-order valence-corrected chi connectivity index (χ4v) is 2.74. The SMILES string of the molecule is COc1cccc(C)c1NC(=O)c1sc(NC(=O)O)nc1C. The van der Waals surface area contributed by atoms with Crippen LogP contribution in [-0.4, -0.2) is 29.2 Å². The number of aromatic nitrogens is 1. The van der Waals surface area contributed by atoms with Crippen molar-refractivity contribution in [3.8, 4) is 5.75 Å². The molecule has 8 heteroatoms. The first-order valence-corrected chi connectivity index (χ1v) is 7.16.